The van der Waals surface area contributed by atoms with Crippen molar-refractivity contribution in [3.8, 4) is 0 Å². The Bertz CT molecular complexity index is 404. The molecule has 21 heavy (non-hydrogen) atoms. The maximum Gasteiger partial charge on any atom is 0.239 e. The van der Waals surface area contributed by atoms with Crippen LogP contribution < -0.4 is 5.32 Å². The van der Waals surface area contributed by atoms with Gasteiger partial charge in [0.15, 0.2) is 0 Å². The fraction of sp³-hybridized carbons (Fsp3) is 0.944. The molecule has 3 heteroatoms. The molecule has 3 aliphatic carbocycles. The molecule has 1 amide bonds. The minimum Gasteiger partial charge on any atom is -0.341 e. The molecule has 6 atom stereocenters. The normalized spacial score (nSPS) is 43.1. The lowest BCUT2D eigenvalue weighted by atomic mass is 9.79. The molecule has 3 nitrogen and oxygen atoms in total. The molecule has 4 rings (SSSR count). The number of piperidine rings is 1. The van der Waals surface area contributed by atoms with Crippen molar-refractivity contribution in [2.45, 2.75) is 70.4 Å². The lowest BCUT2D eigenvalue weighted by Gasteiger charge is -2.35. The molecular weight excluding hydrogens is 260 g/mol. The fourth-order valence-corrected chi connectivity index (χ4v) is 6.04. The summed E-state index contributed by atoms with van der Waals surface area (Å²) >= 11 is 0. The summed E-state index contributed by atoms with van der Waals surface area (Å²) in [7, 11) is 0. The Morgan fingerprint density at radius 3 is 2.57 bits per heavy atom. The summed E-state index contributed by atoms with van der Waals surface area (Å²) in [6.45, 7) is 4.05. The van der Waals surface area contributed by atoms with Crippen LogP contribution >= 0.6 is 0 Å². The van der Waals surface area contributed by atoms with Crippen LogP contribution in [0.5, 0.6) is 0 Å². The zero-order chi connectivity index (χ0) is 14.4. The Morgan fingerprint density at radius 1 is 1.00 bits per heavy atom. The summed E-state index contributed by atoms with van der Waals surface area (Å²) in [6.07, 6.45) is 10.9. The largest absolute Gasteiger partial charge is 0.341 e. The van der Waals surface area contributed by atoms with Crippen molar-refractivity contribution in [3.05, 3.63) is 0 Å². The average Bonchev–Trinajstić information content (AvgIpc) is 3.19. The van der Waals surface area contributed by atoms with E-state index in [1.54, 1.807) is 0 Å². The van der Waals surface area contributed by atoms with Crippen molar-refractivity contribution in [1.29, 1.82) is 0 Å². The maximum atomic E-state index is 12.6. The molecule has 4 aliphatic rings. The highest BCUT2D eigenvalue weighted by molar-refractivity contribution is 5.81. The molecule has 4 fully saturated rings. The van der Waals surface area contributed by atoms with Crippen LogP contribution in [0.4, 0.5) is 0 Å². The summed E-state index contributed by atoms with van der Waals surface area (Å²) in [4.78, 5) is 14.7. The molecule has 1 heterocycles. The second-order valence-corrected chi connectivity index (χ2v) is 8.03. The smallest absolute Gasteiger partial charge is 0.239 e. The van der Waals surface area contributed by atoms with E-state index in [-0.39, 0.29) is 6.04 Å². The molecule has 3 saturated carbocycles. The lowest BCUT2D eigenvalue weighted by Crippen LogP contribution is -2.51. The van der Waals surface area contributed by atoms with Gasteiger partial charge in [-0.25, -0.2) is 0 Å². The van der Waals surface area contributed by atoms with Gasteiger partial charge >= 0.3 is 0 Å². The van der Waals surface area contributed by atoms with E-state index in [1.165, 1.54) is 51.4 Å². The van der Waals surface area contributed by atoms with Crippen molar-refractivity contribution in [2.75, 3.05) is 13.1 Å². The van der Waals surface area contributed by atoms with Crippen LogP contribution in [0.1, 0.15) is 58.3 Å². The van der Waals surface area contributed by atoms with Crippen LogP contribution in [0.3, 0.4) is 0 Å². The molecule has 1 N–H and O–H groups in total. The van der Waals surface area contributed by atoms with E-state index in [9.17, 15) is 4.79 Å². The van der Waals surface area contributed by atoms with E-state index in [2.05, 4.69) is 17.1 Å². The van der Waals surface area contributed by atoms with E-state index < -0.39 is 0 Å². The van der Waals surface area contributed by atoms with E-state index in [1.807, 2.05) is 0 Å². The molecule has 0 aromatic rings. The highest BCUT2D eigenvalue weighted by Gasteiger charge is 2.53. The zero-order valence-corrected chi connectivity index (χ0v) is 13.4. The first-order chi connectivity index (χ1) is 10.2. The van der Waals surface area contributed by atoms with Gasteiger partial charge < -0.3 is 10.2 Å². The van der Waals surface area contributed by atoms with Crippen molar-refractivity contribution >= 4 is 5.91 Å². The number of nitrogens with one attached hydrogen (secondary N) is 1. The van der Waals surface area contributed by atoms with Gasteiger partial charge in [-0.05, 0) is 75.5 Å². The van der Waals surface area contributed by atoms with Gasteiger partial charge in [-0.2, -0.15) is 0 Å². The number of hydrogen-bond donors (Lipinski definition) is 1. The molecular formula is C18H30N2O. The summed E-state index contributed by atoms with van der Waals surface area (Å²) in [6, 6.07) is 0.644. The van der Waals surface area contributed by atoms with E-state index in [0.717, 1.165) is 36.8 Å². The Kier molecular flexibility index (Phi) is 3.72. The summed E-state index contributed by atoms with van der Waals surface area (Å²) < 4.78 is 0. The van der Waals surface area contributed by atoms with Crippen molar-refractivity contribution in [2.24, 2.45) is 23.7 Å². The molecule has 0 aromatic carbocycles. The van der Waals surface area contributed by atoms with Crippen LogP contribution in [0.15, 0.2) is 0 Å². The number of carbonyl (C=O) groups excluding carboxylic acids is 1. The first-order valence-electron chi connectivity index (χ1n) is 9.29. The zero-order valence-electron chi connectivity index (χ0n) is 13.4. The van der Waals surface area contributed by atoms with Crippen molar-refractivity contribution in [1.82, 2.24) is 10.2 Å². The minimum atomic E-state index is 0.0207. The Labute approximate surface area is 128 Å². The van der Waals surface area contributed by atoms with Gasteiger partial charge in [0.05, 0.1) is 6.04 Å². The van der Waals surface area contributed by atoms with Gasteiger partial charge in [-0.15, -0.1) is 0 Å². The highest BCUT2D eigenvalue weighted by atomic mass is 16.2. The number of fused-ring (bicyclic) bond motifs is 5. The second-order valence-electron chi connectivity index (χ2n) is 8.03. The fourth-order valence-electron chi connectivity index (χ4n) is 6.04. The predicted molar refractivity (Wildman–Crippen MR) is 83.9 cm³/mol. The van der Waals surface area contributed by atoms with Gasteiger partial charge in [-0.1, -0.05) is 6.42 Å². The van der Waals surface area contributed by atoms with Gasteiger partial charge in [0.1, 0.15) is 0 Å². The maximum absolute atomic E-state index is 12.6. The number of likely N-dealkylation sites (tertiary alicyclic amines) is 1. The monoisotopic (exact) mass is 290 g/mol. The first-order valence-corrected chi connectivity index (χ1v) is 9.29. The van der Waals surface area contributed by atoms with E-state index in [4.69, 9.17) is 0 Å². The molecule has 0 aromatic heterocycles. The minimum absolute atomic E-state index is 0.0207. The number of carbonyl (C=O) groups is 1. The van der Waals surface area contributed by atoms with Crippen molar-refractivity contribution < 1.29 is 4.79 Å². The number of hydrogen-bond acceptors (Lipinski definition) is 2. The number of rotatable bonds is 3. The average molecular weight is 290 g/mol. The van der Waals surface area contributed by atoms with Crippen LogP contribution in [-0.2, 0) is 4.79 Å². The van der Waals surface area contributed by atoms with Crippen molar-refractivity contribution in [3.63, 3.8) is 0 Å². The summed E-state index contributed by atoms with van der Waals surface area (Å²) in [5.74, 6) is 4.22. The molecule has 0 spiro atoms. The van der Waals surface area contributed by atoms with E-state index in [0.29, 0.717) is 11.9 Å². The number of nitrogens with zero attached hydrogens (tertiary/aromatic N) is 1. The molecule has 118 valence electrons. The SMILES string of the molecule is CC(NC1CC2CC1C1CCCC21)C(=O)N1CCCCC1. The molecule has 6 unspecified atom stereocenters. The van der Waals surface area contributed by atoms with Gasteiger partial charge in [0.25, 0.3) is 0 Å². The van der Waals surface area contributed by atoms with E-state index >= 15 is 0 Å². The molecule has 1 saturated heterocycles. The second kappa shape index (κ2) is 5.57. The van der Waals surface area contributed by atoms with Crippen LogP contribution in [-0.4, -0.2) is 36.0 Å². The van der Waals surface area contributed by atoms with Gasteiger partial charge in [0, 0.05) is 19.1 Å². The molecule has 0 radical (unpaired) electrons. The Morgan fingerprint density at radius 2 is 1.76 bits per heavy atom. The van der Waals surface area contributed by atoms with Gasteiger partial charge in [0.2, 0.25) is 5.91 Å². The summed E-state index contributed by atoms with van der Waals surface area (Å²) in [5.41, 5.74) is 0. The Hall–Kier alpha value is -0.570. The van der Waals surface area contributed by atoms with Crippen LogP contribution in [0.2, 0.25) is 0 Å². The lowest BCUT2D eigenvalue weighted by molar-refractivity contribution is -0.134. The standard InChI is InChI=1S/C18H30N2O/c1-12(18(21)20-8-3-2-4-9-20)19-17-11-13-10-16(17)15-7-5-6-14(13)15/h12-17,19H,2-11H2,1H3. The third-order valence-corrected chi connectivity index (χ3v) is 6.93. The molecule has 2 bridgehead atoms. The highest BCUT2D eigenvalue weighted by Crippen LogP contribution is 2.58. The quantitative estimate of drug-likeness (QED) is 0.867. The van der Waals surface area contributed by atoms with Crippen LogP contribution in [0.25, 0.3) is 0 Å². The third kappa shape index (κ3) is 2.42. The Balaban J connectivity index is 1.35. The molecule has 1 aliphatic heterocycles. The summed E-state index contributed by atoms with van der Waals surface area (Å²) in [5, 5.41) is 3.73. The number of amides is 1. The topological polar surface area (TPSA) is 32.3 Å². The first kappa shape index (κ1) is 14.0. The third-order valence-electron chi connectivity index (χ3n) is 6.93. The van der Waals surface area contributed by atoms with Crippen LogP contribution in [0, 0.1) is 23.7 Å². The van der Waals surface area contributed by atoms with Gasteiger partial charge in [-0.3, -0.25) is 4.79 Å². The predicted octanol–water partition coefficient (Wildman–Crippen LogP) is 2.80.